The molecule has 1 rings (SSSR count). The van der Waals surface area contributed by atoms with Gasteiger partial charge in [-0.05, 0) is 0 Å². The molecule has 0 unspecified atom stereocenters. The molecule has 1 aromatic rings. The van der Waals surface area contributed by atoms with E-state index in [9.17, 15) is 4.39 Å². The van der Waals surface area contributed by atoms with Crippen LogP contribution < -0.4 is 0 Å². The highest BCUT2D eigenvalue weighted by molar-refractivity contribution is 6.75. The average Bonchev–Trinajstić information content (AvgIpc) is 2.32. The lowest BCUT2D eigenvalue weighted by Gasteiger charge is -2.24. The molecule has 0 aromatic carbocycles. The van der Waals surface area contributed by atoms with Gasteiger partial charge in [-0.1, -0.05) is 58.0 Å². The van der Waals surface area contributed by atoms with Crippen LogP contribution in [0.15, 0.2) is 0 Å². The van der Waals surface area contributed by atoms with Crippen molar-refractivity contribution in [2.24, 2.45) is 0 Å². The second kappa shape index (κ2) is 3.59. The molecule has 1 aromatic heterocycles. The highest BCUT2D eigenvalue weighted by Crippen LogP contribution is 2.52. The van der Waals surface area contributed by atoms with Crippen molar-refractivity contribution in [3.63, 3.8) is 0 Å². The highest BCUT2D eigenvalue weighted by Gasteiger charge is 2.51. The van der Waals surface area contributed by atoms with Crippen molar-refractivity contribution in [3.8, 4) is 0 Å². The van der Waals surface area contributed by atoms with Crippen molar-refractivity contribution in [2.45, 2.75) is 8.13 Å². The lowest BCUT2D eigenvalue weighted by Crippen LogP contribution is -2.29. The molecule has 0 aliphatic heterocycles. The third-order valence-corrected chi connectivity index (χ3v) is 3.51. The number of hydrogen-bond acceptors (Lipinski definition) is 2. The standard InChI is InChI=1S/C4HCl5FN3/c5-3(6,4(7,8)9)1-2(10)12-13-11-1/h(H,11,12,13). The number of H-pyrrole nitrogens is 1. The Morgan fingerprint density at radius 1 is 1.08 bits per heavy atom. The maximum absolute atomic E-state index is 12.8. The van der Waals surface area contributed by atoms with E-state index in [4.69, 9.17) is 58.0 Å². The van der Waals surface area contributed by atoms with Gasteiger partial charge in [-0.3, -0.25) is 0 Å². The van der Waals surface area contributed by atoms with Crippen LogP contribution in [0.25, 0.3) is 0 Å². The Hall–Kier alpha value is 0.520. The number of rotatable bonds is 1. The molecule has 1 N–H and O–H groups in total. The number of nitrogens with one attached hydrogen (secondary N) is 1. The fraction of sp³-hybridized carbons (Fsp3) is 0.500. The minimum Gasteiger partial charge on any atom is -0.195 e. The van der Waals surface area contributed by atoms with E-state index in [1.165, 1.54) is 0 Å². The Bertz CT molecular complexity index is 305. The first-order chi connectivity index (χ1) is 5.77. The normalized spacial score (nSPS) is 13.4. The van der Waals surface area contributed by atoms with Gasteiger partial charge < -0.3 is 0 Å². The third kappa shape index (κ3) is 2.13. The molecular weight excluding hydrogens is 286 g/mol. The molecule has 0 spiro atoms. The minimum atomic E-state index is -2.10. The summed E-state index contributed by atoms with van der Waals surface area (Å²) in [6, 6.07) is 0. The maximum atomic E-state index is 12.8. The van der Waals surface area contributed by atoms with Crippen LogP contribution in [0.1, 0.15) is 5.69 Å². The monoisotopic (exact) mass is 285 g/mol. The van der Waals surface area contributed by atoms with Crippen LogP contribution in [0.5, 0.6) is 0 Å². The molecule has 0 aliphatic rings. The van der Waals surface area contributed by atoms with E-state index >= 15 is 0 Å². The van der Waals surface area contributed by atoms with Gasteiger partial charge in [0, 0.05) is 0 Å². The Kier molecular flexibility index (Phi) is 3.20. The van der Waals surface area contributed by atoms with E-state index in [2.05, 4.69) is 10.2 Å². The summed E-state index contributed by atoms with van der Waals surface area (Å²) in [7, 11) is 0. The van der Waals surface area contributed by atoms with Gasteiger partial charge >= 0.3 is 0 Å². The van der Waals surface area contributed by atoms with Crippen LogP contribution in [0.4, 0.5) is 4.39 Å². The SMILES string of the molecule is Fc1n[nH]nc1C(Cl)(Cl)C(Cl)(Cl)Cl. The summed E-state index contributed by atoms with van der Waals surface area (Å²) >= 11 is 27.4. The first-order valence-corrected chi connectivity index (χ1v) is 4.67. The molecule has 0 aliphatic carbocycles. The van der Waals surface area contributed by atoms with Gasteiger partial charge in [0.05, 0.1) is 0 Å². The van der Waals surface area contributed by atoms with E-state index in [1.807, 2.05) is 5.21 Å². The molecule has 3 nitrogen and oxygen atoms in total. The van der Waals surface area contributed by atoms with Crippen LogP contribution in [-0.4, -0.2) is 19.2 Å². The first-order valence-electron chi connectivity index (χ1n) is 2.78. The van der Waals surface area contributed by atoms with Gasteiger partial charge in [0.1, 0.15) is 0 Å². The van der Waals surface area contributed by atoms with Crippen LogP contribution in [0.2, 0.25) is 0 Å². The molecule has 1 heterocycles. The molecule has 74 valence electrons. The van der Waals surface area contributed by atoms with Crippen molar-refractivity contribution in [1.29, 1.82) is 0 Å². The van der Waals surface area contributed by atoms with E-state index < -0.39 is 19.8 Å². The zero-order valence-electron chi connectivity index (χ0n) is 5.66. The zero-order valence-corrected chi connectivity index (χ0v) is 9.44. The van der Waals surface area contributed by atoms with Gasteiger partial charge in [-0.15, -0.1) is 5.10 Å². The molecule has 0 saturated heterocycles. The molecule has 0 atom stereocenters. The summed E-state index contributed by atoms with van der Waals surface area (Å²) < 4.78 is 8.63. The smallest absolute Gasteiger partial charge is 0.195 e. The minimum absolute atomic E-state index is 0.462. The van der Waals surface area contributed by atoms with Crippen LogP contribution in [0.3, 0.4) is 0 Å². The molecule has 0 amide bonds. The Morgan fingerprint density at radius 3 is 1.92 bits per heavy atom. The van der Waals surface area contributed by atoms with Crippen LogP contribution in [0, 0.1) is 5.95 Å². The highest BCUT2D eigenvalue weighted by atomic mass is 35.6. The summed E-state index contributed by atoms with van der Waals surface area (Å²) in [5, 5.41) is 8.33. The second-order valence-corrected chi connectivity index (χ2v) is 5.64. The topological polar surface area (TPSA) is 41.6 Å². The lowest BCUT2D eigenvalue weighted by atomic mass is 10.3. The Morgan fingerprint density at radius 2 is 1.62 bits per heavy atom. The van der Waals surface area contributed by atoms with Crippen molar-refractivity contribution in [1.82, 2.24) is 15.4 Å². The van der Waals surface area contributed by atoms with Crippen LogP contribution in [-0.2, 0) is 4.33 Å². The van der Waals surface area contributed by atoms with Gasteiger partial charge in [0.2, 0.25) is 8.13 Å². The Balaban J connectivity index is 3.15. The van der Waals surface area contributed by atoms with Crippen molar-refractivity contribution < 1.29 is 4.39 Å². The largest absolute Gasteiger partial charge is 0.259 e. The van der Waals surface area contributed by atoms with Gasteiger partial charge in [0.25, 0.3) is 5.95 Å². The number of hydrogen-bond donors (Lipinski definition) is 1. The summed E-state index contributed by atoms with van der Waals surface area (Å²) in [5.74, 6) is -1.02. The van der Waals surface area contributed by atoms with E-state index in [-0.39, 0.29) is 0 Å². The van der Waals surface area contributed by atoms with Crippen molar-refractivity contribution in [2.75, 3.05) is 0 Å². The summed E-state index contributed by atoms with van der Waals surface area (Å²) in [6.07, 6.45) is 0. The number of halogens is 6. The van der Waals surface area contributed by atoms with Gasteiger partial charge in [0.15, 0.2) is 5.69 Å². The number of nitrogens with zero attached hydrogens (tertiary/aromatic N) is 2. The molecule has 9 heteroatoms. The quantitative estimate of drug-likeness (QED) is 0.807. The van der Waals surface area contributed by atoms with E-state index in [0.717, 1.165) is 0 Å². The van der Waals surface area contributed by atoms with Gasteiger partial charge in [-0.2, -0.15) is 14.7 Å². The maximum Gasteiger partial charge on any atom is 0.259 e. The molecule has 0 saturated carbocycles. The molecule has 0 radical (unpaired) electrons. The number of alkyl halides is 5. The lowest BCUT2D eigenvalue weighted by molar-refractivity contribution is 0.558. The molecule has 0 bridgehead atoms. The summed E-state index contributed by atoms with van der Waals surface area (Å²) in [5.41, 5.74) is -0.462. The second-order valence-electron chi connectivity index (χ2n) is 2.04. The summed E-state index contributed by atoms with van der Waals surface area (Å²) in [6.45, 7) is 0. The zero-order chi connectivity index (χ0) is 10.3. The van der Waals surface area contributed by atoms with Crippen molar-refractivity contribution in [3.05, 3.63) is 11.6 Å². The predicted molar refractivity (Wildman–Crippen MR) is 50.0 cm³/mol. The number of aromatic nitrogens is 3. The third-order valence-electron chi connectivity index (χ3n) is 1.16. The summed E-state index contributed by atoms with van der Waals surface area (Å²) in [4.78, 5) is 0. The molecular formula is C4HCl5FN3. The Labute approximate surface area is 97.4 Å². The molecule has 13 heavy (non-hydrogen) atoms. The fourth-order valence-electron chi connectivity index (χ4n) is 0.552. The predicted octanol–water partition coefficient (Wildman–Crippen LogP) is 2.94. The fourth-order valence-corrected chi connectivity index (χ4v) is 1.06. The van der Waals surface area contributed by atoms with E-state index in [1.54, 1.807) is 0 Å². The average molecular weight is 287 g/mol. The molecule has 0 fully saturated rings. The van der Waals surface area contributed by atoms with Crippen molar-refractivity contribution >= 4 is 58.0 Å². The van der Waals surface area contributed by atoms with Gasteiger partial charge in [-0.25, -0.2) is 0 Å². The van der Waals surface area contributed by atoms with Crippen LogP contribution >= 0.6 is 58.0 Å². The number of aromatic amines is 1. The van der Waals surface area contributed by atoms with E-state index in [0.29, 0.717) is 0 Å². The first kappa shape index (κ1) is 11.6.